The number of benzene rings is 8. The first kappa shape index (κ1) is 45.7. The Hall–Kier alpha value is -9.02. The summed E-state index contributed by atoms with van der Waals surface area (Å²) in [6, 6.07) is 57.7. The van der Waals surface area contributed by atoms with Crippen LogP contribution >= 0.6 is 0 Å². The first-order valence-electron chi connectivity index (χ1n) is 23.5. The first-order valence-corrected chi connectivity index (χ1v) is 23.5. The van der Waals surface area contributed by atoms with Crippen LogP contribution in [0.2, 0.25) is 0 Å². The van der Waals surface area contributed by atoms with E-state index in [-0.39, 0.29) is 49.4 Å². The molecule has 0 saturated carbocycles. The van der Waals surface area contributed by atoms with Crippen molar-refractivity contribution in [2.24, 2.45) is 0 Å². The highest BCUT2D eigenvalue weighted by molar-refractivity contribution is 6.19. The van der Waals surface area contributed by atoms with Crippen molar-refractivity contribution in [3.8, 4) is 0 Å². The van der Waals surface area contributed by atoms with E-state index >= 15 is 0 Å². The molecule has 0 aliphatic carbocycles. The van der Waals surface area contributed by atoms with Crippen LogP contribution in [0, 0.1) is 0 Å². The van der Waals surface area contributed by atoms with Gasteiger partial charge in [-0.15, -0.1) is 0 Å². The van der Waals surface area contributed by atoms with Gasteiger partial charge in [-0.2, -0.15) is 0 Å². The van der Waals surface area contributed by atoms with Crippen LogP contribution in [-0.4, -0.2) is 57.4 Å². The molecule has 10 heteroatoms. The number of carbonyl (C=O) groups is 6. The van der Waals surface area contributed by atoms with Crippen molar-refractivity contribution in [1.82, 2.24) is 9.13 Å². The lowest BCUT2D eigenvalue weighted by Crippen LogP contribution is -2.15. The Labute approximate surface area is 408 Å². The van der Waals surface area contributed by atoms with Crippen molar-refractivity contribution >= 4 is 78.7 Å². The predicted molar refractivity (Wildman–Crippen MR) is 274 cm³/mol. The van der Waals surface area contributed by atoms with E-state index in [9.17, 15) is 28.8 Å². The second-order valence-corrected chi connectivity index (χ2v) is 17.4. The Kier molecular flexibility index (Phi) is 13.1. The fourth-order valence-electron chi connectivity index (χ4n) is 9.24. The molecule has 71 heavy (non-hydrogen) atoms. The number of ketones is 4. The quantitative estimate of drug-likeness (QED) is 0.0472. The molecule has 10 aromatic rings. The number of ether oxygens (including phenoxy) is 2. The number of unbranched alkanes of at least 4 members (excludes halogenated alkanes) is 2. The molecule has 0 spiro atoms. The van der Waals surface area contributed by atoms with Crippen LogP contribution < -0.4 is 0 Å². The number of rotatable bonds is 18. The van der Waals surface area contributed by atoms with Crippen LogP contribution in [0.1, 0.15) is 82.9 Å². The highest BCUT2D eigenvalue weighted by Gasteiger charge is 2.21. The molecule has 2 aromatic heterocycles. The van der Waals surface area contributed by atoms with E-state index in [0.717, 1.165) is 43.6 Å². The standard InChI is InChI=1S/C61H46N2O8/c64-56(38-62-52-28-24-44(58(66)40-16-6-1-7-17-40)34-48(52)49-35-45(25-29-53(49)62)59(67)41-18-8-2-9-19-41)70-32-14-5-15-33-71-57(65)39-63-54-30-26-46(60(68)42-20-10-3-11-21-42)36-50(54)51-37-47(27-31-55(51)63)61(69)43-22-12-4-13-23-43/h1-4,6-13,16-31,34-37H,5,14-15,32-33,38-39H2. The van der Waals surface area contributed by atoms with Crippen molar-refractivity contribution in [3.05, 3.63) is 239 Å². The van der Waals surface area contributed by atoms with Gasteiger partial charge >= 0.3 is 11.9 Å². The molecule has 0 bridgehead atoms. The van der Waals surface area contributed by atoms with Crippen LogP contribution in [0.25, 0.3) is 43.6 Å². The molecular formula is C61H46N2O8. The third-order valence-corrected chi connectivity index (χ3v) is 12.8. The zero-order chi connectivity index (χ0) is 48.8. The maximum absolute atomic E-state index is 13.5. The third-order valence-electron chi connectivity index (χ3n) is 12.8. The fraction of sp³-hybridized carbons (Fsp3) is 0.115. The Morgan fingerprint density at radius 3 is 0.803 bits per heavy atom. The highest BCUT2D eigenvalue weighted by Crippen LogP contribution is 2.34. The second kappa shape index (κ2) is 20.3. The first-order chi connectivity index (χ1) is 34.7. The van der Waals surface area contributed by atoms with E-state index in [4.69, 9.17) is 9.47 Å². The van der Waals surface area contributed by atoms with Gasteiger partial charge in [0.15, 0.2) is 23.1 Å². The zero-order valence-corrected chi connectivity index (χ0v) is 38.6. The Bertz CT molecular complexity index is 3210. The molecule has 0 aliphatic heterocycles. The molecule has 348 valence electrons. The lowest BCUT2D eigenvalue weighted by atomic mass is 9.99. The van der Waals surface area contributed by atoms with E-state index in [0.29, 0.717) is 63.8 Å². The van der Waals surface area contributed by atoms with Gasteiger partial charge in [-0.05, 0) is 92.1 Å². The van der Waals surface area contributed by atoms with Crippen LogP contribution in [0.15, 0.2) is 194 Å². The number of aromatic nitrogens is 2. The van der Waals surface area contributed by atoms with Crippen molar-refractivity contribution in [1.29, 1.82) is 0 Å². The van der Waals surface area contributed by atoms with Crippen LogP contribution in [0.5, 0.6) is 0 Å². The average molecular weight is 935 g/mol. The number of hydrogen-bond acceptors (Lipinski definition) is 8. The van der Waals surface area contributed by atoms with Gasteiger partial charge in [-0.3, -0.25) is 28.8 Å². The van der Waals surface area contributed by atoms with Crippen molar-refractivity contribution in [2.75, 3.05) is 13.2 Å². The van der Waals surface area contributed by atoms with Gasteiger partial charge in [0.1, 0.15) is 13.1 Å². The van der Waals surface area contributed by atoms with Crippen LogP contribution in [-0.2, 0) is 32.2 Å². The summed E-state index contributed by atoms with van der Waals surface area (Å²) in [5.74, 6) is -1.43. The summed E-state index contributed by atoms with van der Waals surface area (Å²) < 4.78 is 15.1. The Balaban J connectivity index is 0.785. The highest BCUT2D eigenvalue weighted by atomic mass is 16.5. The minimum Gasteiger partial charge on any atom is -0.464 e. The summed E-state index contributed by atoms with van der Waals surface area (Å²) in [4.78, 5) is 80.9. The molecular weight excluding hydrogens is 889 g/mol. The van der Waals surface area contributed by atoms with Gasteiger partial charge in [0.2, 0.25) is 0 Å². The summed E-state index contributed by atoms with van der Waals surface area (Å²) in [5, 5.41) is 2.94. The molecule has 0 unspecified atom stereocenters. The molecule has 0 radical (unpaired) electrons. The summed E-state index contributed by atoms with van der Waals surface area (Å²) in [7, 11) is 0. The zero-order valence-electron chi connectivity index (χ0n) is 38.6. The molecule has 10 nitrogen and oxygen atoms in total. The average Bonchev–Trinajstić information content (AvgIpc) is 3.90. The van der Waals surface area contributed by atoms with E-state index in [1.165, 1.54) is 0 Å². The van der Waals surface area contributed by atoms with Gasteiger partial charge in [-0.25, -0.2) is 0 Å². The lowest BCUT2D eigenvalue weighted by molar-refractivity contribution is -0.144. The number of nitrogens with zero attached hydrogens (tertiary/aromatic N) is 2. The summed E-state index contributed by atoms with van der Waals surface area (Å²) in [6.07, 6.45) is 1.73. The van der Waals surface area contributed by atoms with Gasteiger partial charge in [0.05, 0.1) is 13.2 Å². The minimum atomic E-state index is -0.441. The second-order valence-electron chi connectivity index (χ2n) is 17.4. The number of carbonyl (C=O) groups excluding carboxylic acids is 6. The van der Waals surface area contributed by atoms with Crippen molar-refractivity contribution in [3.63, 3.8) is 0 Å². The molecule has 10 rings (SSSR count). The van der Waals surface area contributed by atoms with E-state index < -0.39 is 11.9 Å². The van der Waals surface area contributed by atoms with E-state index in [1.54, 1.807) is 72.8 Å². The molecule has 0 saturated heterocycles. The number of hydrogen-bond donors (Lipinski definition) is 0. The molecule has 2 heterocycles. The summed E-state index contributed by atoms with van der Waals surface area (Å²) in [6.45, 7) is 0.154. The molecule has 8 aromatic carbocycles. The topological polar surface area (TPSA) is 131 Å². The number of esters is 2. The largest absolute Gasteiger partial charge is 0.464 e. The molecule has 0 atom stereocenters. The van der Waals surface area contributed by atoms with Gasteiger partial charge in [0, 0.05) is 88.1 Å². The fourth-order valence-corrected chi connectivity index (χ4v) is 9.24. The van der Waals surface area contributed by atoms with E-state index in [2.05, 4.69) is 0 Å². The van der Waals surface area contributed by atoms with Crippen molar-refractivity contribution < 1.29 is 38.2 Å². The van der Waals surface area contributed by atoms with Crippen LogP contribution in [0.4, 0.5) is 0 Å². The van der Waals surface area contributed by atoms with E-state index in [1.807, 2.05) is 130 Å². The monoisotopic (exact) mass is 934 g/mol. The van der Waals surface area contributed by atoms with Gasteiger partial charge in [0.25, 0.3) is 0 Å². The smallest absolute Gasteiger partial charge is 0.325 e. The molecule has 0 fully saturated rings. The number of fused-ring (bicyclic) bond motifs is 6. The lowest BCUT2D eigenvalue weighted by Gasteiger charge is -2.10. The Morgan fingerprint density at radius 1 is 0.296 bits per heavy atom. The summed E-state index contributed by atoms with van der Waals surface area (Å²) >= 11 is 0. The van der Waals surface area contributed by atoms with Gasteiger partial charge in [-0.1, -0.05) is 121 Å². The molecule has 0 aliphatic rings. The summed E-state index contributed by atoms with van der Waals surface area (Å²) in [5.41, 5.74) is 7.06. The maximum atomic E-state index is 13.5. The molecule has 0 amide bonds. The van der Waals surface area contributed by atoms with Crippen molar-refractivity contribution in [2.45, 2.75) is 32.4 Å². The normalized spacial score (nSPS) is 11.3. The molecule has 0 N–H and O–H groups in total. The minimum absolute atomic E-state index is 0.0897. The third kappa shape index (κ3) is 9.56. The SMILES string of the molecule is O=C(Cn1c2ccc(C(=O)c3ccccc3)cc2c2cc(C(=O)c3ccccc3)ccc21)OCCCCCOC(=O)Cn1c2ccc(C(=O)c3ccccc3)cc2c2cc(C(=O)c3ccccc3)ccc21. The van der Waals surface area contributed by atoms with Crippen LogP contribution in [0.3, 0.4) is 0 Å². The Morgan fingerprint density at radius 2 is 0.549 bits per heavy atom. The predicted octanol–water partition coefficient (Wildman–Crippen LogP) is 11.8. The van der Waals surface area contributed by atoms with Gasteiger partial charge < -0.3 is 18.6 Å². The maximum Gasteiger partial charge on any atom is 0.325 e.